The fraction of sp³-hybridized carbons (Fsp3) is 0.379. The summed E-state index contributed by atoms with van der Waals surface area (Å²) in [5, 5.41) is 11.3. The molecule has 2 aromatic rings. The number of carbonyl (C=O) groups is 2. The molecule has 0 radical (unpaired) electrons. The standard InChI is InChI=1S/C29H34N2O6/c1-4-16-37-23-9-6-21(7-10-23)26-25(27(32)22-8-11-24(35-3)20(2)19-22)28(33)29(34)31(26)13-5-12-30-14-17-36-18-15-30/h4,6-11,19,26,32H,1,5,12-18H2,2-3H3/b27-25+. The summed E-state index contributed by atoms with van der Waals surface area (Å²) in [6.07, 6.45) is 2.36. The van der Waals surface area contributed by atoms with Crippen LogP contribution >= 0.6 is 0 Å². The second kappa shape index (κ2) is 12.1. The van der Waals surface area contributed by atoms with Crippen molar-refractivity contribution in [2.75, 3.05) is 53.1 Å². The van der Waals surface area contributed by atoms with Crippen molar-refractivity contribution in [1.82, 2.24) is 9.80 Å². The number of Topliss-reactive ketones (excluding diaryl/α,β-unsaturated/α-hetero) is 1. The second-order valence-electron chi connectivity index (χ2n) is 9.15. The van der Waals surface area contributed by atoms with Gasteiger partial charge in [0.1, 0.15) is 23.9 Å². The summed E-state index contributed by atoms with van der Waals surface area (Å²) in [6.45, 7) is 10.2. The van der Waals surface area contributed by atoms with Crippen molar-refractivity contribution in [2.45, 2.75) is 19.4 Å². The van der Waals surface area contributed by atoms with E-state index in [4.69, 9.17) is 14.2 Å². The minimum atomic E-state index is -0.708. The van der Waals surface area contributed by atoms with Gasteiger partial charge in [-0.1, -0.05) is 24.8 Å². The third kappa shape index (κ3) is 5.87. The molecule has 196 valence electrons. The summed E-state index contributed by atoms with van der Waals surface area (Å²) in [4.78, 5) is 30.4. The molecule has 2 heterocycles. The first-order valence-electron chi connectivity index (χ1n) is 12.5. The highest BCUT2D eigenvalue weighted by molar-refractivity contribution is 6.46. The number of hydrogen-bond acceptors (Lipinski definition) is 7. The normalized spacial score (nSPS) is 19.7. The molecule has 1 N–H and O–H groups in total. The zero-order valence-electron chi connectivity index (χ0n) is 21.4. The Morgan fingerprint density at radius 3 is 2.51 bits per heavy atom. The molecule has 2 fully saturated rings. The van der Waals surface area contributed by atoms with E-state index in [1.165, 1.54) is 0 Å². The van der Waals surface area contributed by atoms with E-state index in [0.29, 0.717) is 49.8 Å². The molecule has 8 nitrogen and oxygen atoms in total. The van der Waals surface area contributed by atoms with E-state index in [9.17, 15) is 14.7 Å². The summed E-state index contributed by atoms with van der Waals surface area (Å²) in [5.74, 6) is -0.165. The Morgan fingerprint density at radius 1 is 1.14 bits per heavy atom. The number of ketones is 1. The largest absolute Gasteiger partial charge is 0.507 e. The average Bonchev–Trinajstić information content (AvgIpc) is 3.17. The number of aliphatic hydroxyl groups excluding tert-OH is 1. The summed E-state index contributed by atoms with van der Waals surface area (Å²) >= 11 is 0. The molecule has 0 spiro atoms. The number of amides is 1. The van der Waals surface area contributed by atoms with Crippen molar-refractivity contribution in [3.05, 3.63) is 77.4 Å². The zero-order chi connectivity index (χ0) is 26.4. The summed E-state index contributed by atoms with van der Waals surface area (Å²) in [7, 11) is 1.58. The number of ether oxygens (including phenoxy) is 3. The van der Waals surface area contributed by atoms with Crippen LogP contribution < -0.4 is 9.47 Å². The maximum atomic E-state index is 13.3. The Morgan fingerprint density at radius 2 is 1.86 bits per heavy atom. The van der Waals surface area contributed by atoms with Gasteiger partial charge in [-0.3, -0.25) is 14.5 Å². The molecule has 0 aliphatic carbocycles. The first-order chi connectivity index (χ1) is 17.9. The lowest BCUT2D eigenvalue weighted by Crippen LogP contribution is -2.38. The van der Waals surface area contributed by atoms with Crippen molar-refractivity contribution in [3.63, 3.8) is 0 Å². The Labute approximate surface area is 217 Å². The summed E-state index contributed by atoms with van der Waals surface area (Å²) in [6, 6.07) is 11.7. The van der Waals surface area contributed by atoms with Crippen molar-refractivity contribution < 1.29 is 28.9 Å². The number of methoxy groups -OCH3 is 1. The molecule has 0 saturated carbocycles. The number of aliphatic hydroxyl groups is 1. The van der Waals surface area contributed by atoms with Gasteiger partial charge in [-0.25, -0.2) is 0 Å². The molecule has 2 aliphatic rings. The maximum Gasteiger partial charge on any atom is 0.295 e. The molecule has 8 heteroatoms. The summed E-state index contributed by atoms with van der Waals surface area (Å²) < 4.78 is 16.3. The first-order valence-corrected chi connectivity index (χ1v) is 12.5. The van der Waals surface area contributed by atoms with Gasteiger partial charge in [-0.05, 0) is 54.8 Å². The van der Waals surface area contributed by atoms with Gasteiger partial charge in [0.2, 0.25) is 0 Å². The van der Waals surface area contributed by atoms with Gasteiger partial charge in [0.05, 0.1) is 31.9 Å². The van der Waals surface area contributed by atoms with Gasteiger partial charge in [0.15, 0.2) is 0 Å². The predicted octanol–water partition coefficient (Wildman–Crippen LogP) is 3.71. The molecule has 37 heavy (non-hydrogen) atoms. The first kappa shape index (κ1) is 26.4. The molecule has 2 aromatic carbocycles. The van der Waals surface area contributed by atoms with Gasteiger partial charge in [0.25, 0.3) is 11.7 Å². The smallest absolute Gasteiger partial charge is 0.295 e. The van der Waals surface area contributed by atoms with E-state index < -0.39 is 17.7 Å². The average molecular weight is 507 g/mol. The number of rotatable bonds is 10. The quantitative estimate of drug-likeness (QED) is 0.227. The highest BCUT2D eigenvalue weighted by Gasteiger charge is 2.45. The number of carbonyl (C=O) groups excluding carboxylic acids is 2. The Kier molecular flexibility index (Phi) is 8.63. The van der Waals surface area contributed by atoms with Crippen LogP contribution in [0, 0.1) is 6.92 Å². The molecular formula is C29H34N2O6. The molecule has 1 amide bonds. The van der Waals surface area contributed by atoms with Crippen LogP contribution in [0.25, 0.3) is 5.76 Å². The Bertz CT molecular complexity index is 1170. The lowest BCUT2D eigenvalue weighted by molar-refractivity contribution is -0.140. The lowest BCUT2D eigenvalue weighted by Gasteiger charge is -2.29. The van der Waals surface area contributed by atoms with E-state index in [1.54, 1.807) is 48.4 Å². The number of morpholine rings is 1. The van der Waals surface area contributed by atoms with Crippen LogP contribution in [0.2, 0.25) is 0 Å². The molecule has 0 aromatic heterocycles. The van der Waals surface area contributed by atoms with E-state index in [1.807, 2.05) is 19.1 Å². The fourth-order valence-corrected chi connectivity index (χ4v) is 4.83. The van der Waals surface area contributed by atoms with Crippen molar-refractivity contribution in [3.8, 4) is 11.5 Å². The highest BCUT2D eigenvalue weighted by atomic mass is 16.5. The number of benzene rings is 2. The van der Waals surface area contributed by atoms with Crippen molar-refractivity contribution in [2.24, 2.45) is 0 Å². The minimum Gasteiger partial charge on any atom is -0.507 e. The van der Waals surface area contributed by atoms with Crippen molar-refractivity contribution in [1.29, 1.82) is 0 Å². The number of nitrogens with zero attached hydrogens (tertiary/aromatic N) is 2. The predicted molar refractivity (Wildman–Crippen MR) is 141 cm³/mol. The zero-order valence-corrected chi connectivity index (χ0v) is 21.4. The third-order valence-corrected chi connectivity index (χ3v) is 6.75. The minimum absolute atomic E-state index is 0.0840. The van der Waals surface area contributed by atoms with Crippen LogP contribution in [0.1, 0.15) is 29.2 Å². The fourth-order valence-electron chi connectivity index (χ4n) is 4.83. The number of hydrogen-bond donors (Lipinski definition) is 1. The van der Waals surface area contributed by atoms with Crippen LogP contribution in [-0.4, -0.2) is 79.7 Å². The maximum absolute atomic E-state index is 13.3. The molecule has 0 bridgehead atoms. The topological polar surface area (TPSA) is 88.5 Å². The van der Waals surface area contributed by atoms with Crippen LogP contribution in [0.5, 0.6) is 11.5 Å². The summed E-state index contributed by atoms with van der Waals surface area (Å²) in [5.41, 5.74) is 2.08. The number of likely N-dealkylation sites (tertiary alicyclic amines) is 1. The Hall–Kier alpha value is -3.62. The molecule has 1 unspecified atom stereocenters. The van der Waals surface area contributed by atoms with Crippen molar-refractivity contribution >= 4 is 17.4 Å². The SMILES string of the molecule is C=CCOc1ccc(C2/C(=C(\O)c3ccc(OC)c(C)c3)C(=O)C(=O)N2CCCN2CCOCC2)cc1. The van der Waals surface area contributed by atoms with Gasteiger partial charge in [-0.2, -0.15) is 0 Å². The highest BCUT2D eigenvalue weighted by Crippen LogP contribution is 2.40. The Balaban J connectivity index is 1.68. The van der Waals surface area contributed by atoms with Gasteiger partial charge < -0.3 is 24.2 Å². The molecule has 2 aliphatic heterocycles. The van der Waals surface area contributed by atoms with Gasteiger partial charge in [-0.15, -0.1) is 0 Å². The van der Waals surface area contributed by atoms with E-state index in [0.717, 1.165) is 30.8 Å². The van der Waals surface area contributed by atoms with Crippen LogP contribution in [0.4, 0.5) is 0 Å². The molecular weight excluding hydrogens is 472 g/mol. The molecule has 4 rings (SSSR count). The second-order valence-corrected chi connectivity index (χ2v) is 9.15. The molecule has 2 saturated heterocycles. The van der Waals surface area contributed by atoms with Gasteiger partial charge >= 0.3 is 0 Å². The third-order valence-electron chi connectivity index (χ3n) is 6.75. The monoisotopic (exact) mass is 506 g/mol. The van der Waals surface area contributed by atoms with E-state index >= 15 is 0 Å². The van der Waals surface area contributed by atoms with E-state index in [2.05, 4.69) is 11.5 Å². The van der Waals surface area contributed by atoms with Gasteiger partial charge in [0, 0.05) is 31.7 Å². The lowest BCUT2D eigenvalue weighted by atomic mass is 9.94. The van der Waals surface area contributed by atoms with Crippen LogP contribution in [0.15, 0.2) is 60.7 Å². The number of aryl methyl sites for hydroxylation is 1. The van der Waals surface area contributed by atoms with Crippen LogP contribution in [0.3, 0.4) is 0 Å². The molecule has 1 atom stereocenters. The van der Waals surface area contributed by atoms with E-state index in [-0.39, 0.29) is 11.3 Å². The van der Waals surface area contributed by atoms with Crippen LogP contribution in [-0.2, 0) is 14.3 Å².